The number of carbonyl (C=O) groups excluding carboxylic acids is 1. The molecule has 38 heavy (non-hydrogen) atoms. The van der Waals surface area contributed by atoms with Gasteiger partial charge in [-0.2, -0.15) is 9.29 Å². The zero-order valence-corrected chi connectivity index (χ0v) is 23.2. The van der Waals surface area contributed by atoms with Gasteiger partial charge in [0.15, 0.2) is 5.82 Å². The Hall–Kier alpha value is -2.55. The van der Waals surface area contributed by atoms with E-state index in [1.165, 1.54) is 28.6 Å². The van der Waals surface area contributed by atoms with Crippen LogP contribution in [0, 0.1) is 5.92 Å². The van der Waals surface area contributed by atoms with Gasteiger partial charge < -0.3 is 14.3 Å². The van der Waals surface area contributed by atoms with Crippen LogP contribution in [0.3, 0.4) is 0 Å². The smallest absolute Gasteiger partial charge is 0.324 e. The normalized spacial score (nSPS) is 21.7. The summed E-state index contributed by atoms with van der Waals surface area (Å²) >= 11 is 0. The van der Waals surface area contributed by atoms with Crippen molar-refractivity contribution in [2.24, 2.45) is 5.92 Å². The summed E-state index contributed by atoms with van der Waals surface area (Å²) in [6.07, 6.45) is 2.83. The van der Waals surface area contributed by atoms with Crippen molar-refractivity contribution in [2.75, 3.05) is 44.2 Å². The van der Waals surface area contributed by atoms with Crippen LogP contribution >= 0.6 is 0 Å². The minimum absolute atomic E-state index is 0.0184. The molecule has 1 aliphatic carbocycles. The number of amides is 1. The number of rotatable bonds is 8. The molecule has 3 heterocycles. The molecule has 1 aromatic carbocycles. The zero-order valence-electron chi connectivity index (χ0n) is 21.6. The molecule has 1 atom stereocenters. The summed E-state index contributed by atoms with van der Waals surface area (Å²) in [4.78, 5) is 21.5. The Morgan fingerprint density at radius 3 is 2.24 bits per heavy atom. The number of nitrogens with zero attached hydrogens (tertiary/aromatic N) is 5. The summed E-state index contributed by atoms with van der Waals surface area (Å²) in [6, 6.07) is 5.70. The van der Waals surface area contributed by atoms with Crippen molar-refractivity contribution in [2.45, 2.75) is 61.3 Å². The van der Waals surface area contributed by atoms with Gasteiger partial charge in [-0.15, -0.1) is 0 Å². The molecule has 1 N–H and O–H groups in total. The van der Waals surface area contributed by atoms with Crippen LogP contribution in [0.15, 0.2) is 38.6 Å². The van der Waals surface area contributed by atoms with E-state index in [1.54, 1.807) is 4.90 Å². The molecular formula is C24H34N6O6S2. The SMILES string of the molecule is CC(C)c1noc(N2CCN(C(=O)C3CCCN(S(=O)(=O)c4ccc(S(=O)(=O)NC5CC5)cc4)C3)CC2)n1. The number of piperazine rings is 1. The molecule has 1 aromatic heterocycles. The van der Waals surface area contributed by atoms with Gasteiger partial charge in [0.25, 0.3) is 0 Å². The summed E-state index contributed by atoms with van der Waals surface area (Å²) in [5.74, 6) is 0.332. The van der Waals surface area contributed by atoms with Gasteiger partial charge >= 0.3 is 6.01 Å². The van der Waals surface area contributed by atoms with E-state index in [0.29, 0.717) is 57.4 Å². The van der Waals surface area contributed by atoms with E-state index in [9.17, 15) is 21.6 Å². The molecule has 2 aromatic rings. The summed E-state index contributed by atoms with van der Waals surface area (Å²) in [6.45, 7) is 6.51. The van der Waals surface area contributed by atoms with Crippen LogP contribution in [0.4, 0.5) is 6.01 Å². The number of benzene rings is 1. The number of sulfonamides is 2. The summed E-state index contributed by atoms with van der Waals surface area (Å²) in [5.41, 5.74) is 0. The van der Waals surface area contributed by atoms with Crippen LogP contribution in [0.2, 0.25) is 0 Å². The second-order valence-electron chi connectivity index (χ2n) is 10.5. The Labute approximate surface area is 223 Å². The molecule has 2 saturated heterocycles. The number of hydrogen-bond acceptors (Lipinski definition) is 9. The second kappa shape index (κ2) is 10.5. The summed E-state index contributed by atoms with van der Waals surface area (Å²) < 4.78 is 60.8. The maximum atomic E-state index is 13.3. The van der Waals surface area contributed by atoms with E-state index in [-0.39, 0.29) is 34.2 Å². The molecule has 5 rings (SSSR count). The molecule has 2 aliphatic heterocycles. The second-order valence-corrected chi connectivity index (χ2v) is 14.1. The highest BCUT2D eigenvalue weighted by molar-refractivity contribution is 7.89. The highest BCUT2D eigenvalue weighted by atomic mass is 32.2. The molecule has 0 spiro atoms. The fourth-order valence-corrected chi connectivity index (χ4v) is 7.59. The lowest BCUT2D eigenvalue weighted by atomic mass is 9.98. The van der Waals surface area contributed by atoms with Gasteiger partial charge in [-0.05, 0) is 49.9 Å². The van der Waals surface area contributed by atoms with Gasteiger partial charge in [0, 0.05) is 51.2 Å². The van der Waals surface area contributed by atoms with Crippen LogP contribution in [0.5, 0.6) is 0 Å². The lowest BCUT2D eigenvalue weighted by Gasteiger charge is -2.38. The van der Waals surface area contributed by atoms with Crippen molar-refractivity contribution >= 4 is 32.0 Å². The molecule has 14 heteroatoms. The number of nitrogens with one attached hydrogen (secondary N) is 1. The van der Waals surface area contributed by atoms with Crippen molar-refractivity contribution in [3.63, 3.8) is 0 Å². The van der Waals surface area contributed by atoms with Crippen LogP contribution in [-0.2, 0) is 24.8 Å². The zero-order chi connectivity index (χ0) is 27.1. The number of carbonyl (C=O) groups is 1. The molecule has 3 fully saturated rings. The maximum Gasteiger partial charge on any atom is 0.324 e. The number of piperidine rings is 1. The third-order valence-corrected chi connectivity index (χ3v) is 10.6. The van der Waals surface area contributed by atoms with Crippen molar-refractivity contribution in [1.29, 1.82) is 0 Å². The average molecular weight is 567 g/mol. The summed E-state index contributed by atoms with van der Waals surface area (Å²) in [5, 5.41) is 4.00. The lowest BCUT2D eigenvalue weighted by molar-refractivity contribution is -0.137. The van der Waals surface area contributed by atoms with Gasteiger partial charge in [-0.1, -0.05) is 19.0 Å². The van der Waals surface area contributed by atoms with Gasteiger partial charge in [-0.25, -0.2) is 21.6 Å². The molecule has 1 saturated carbocycles. The molecule has 3 aliphatic rings. The molecule has 1 unspecified atom stereocenters. The lowest BCUT2D eigenvalue weighted by Crippen LogP contribution is -2.53. The largest absolute Gasteiger partial charge is 0.339 e. The maximum absolute atomic E-state index is 13.3. The third-order valence-electron chi connectivity index (χ3n) is 7.21. The van der Waals surface area contributed by atoms with Crippen LogP contribution in [-0.4, -0.2) is 87.4 Å². The average Bonchev–Trinajstić information content (AvgIpc) is 3.57. The van der Waals surface area contributed by atoms with Gasteiger partial charge in [-0.3, -0.25) is 4.79 Å². The van der Waals surface area contributed by atoms with Crippen molar-refractivity contribution in [3.8, 4) is 0 Å². The molecular weight excluding hydrogens is 532 g/mol. The predicted molar refractivity (Wildman–Crippen MR) is 138 cm³/mol. The van der Waals surface area contributed by atoms with E-state index in [2.05, 4.69) is 14.9 Å². The first-order valence-electron chi connectivity index (χ1n) is 13.0. The number of anilines is 1. The Balaban J connectivity index is 1.19. The van der Waals surface area contributed by atoms with E-state index in [0.717, 1.165) is 12.8 Å². The van der Waals surface area contributed by atoms with E-state index < -0.39 is 26.0 Å². The van der Waals surface area contributed by atoms with E-state index >= 15 is 0 Å². The monoisotopic (exact) mass is 566 g/mol. The van der Waals surface area contributed by atoms with Crippen molar-refractivity contribution in [1.82, 2.24) is 24.1 Å². The van der Waals surface area contributed by atoms with Gasteiger partial charge in [0.1, 0.15) is 0 Å². The van der Waals surface area contributed by atoms with Gasteiger partial charge in [0.2, 0.25) is 26.0 Å². The fourth-order valence-electron chi connectivity index (χ4n) is 4.76. The molecule has 208 valence electrons. The van der Waals surface area contributed by atoms with Crippen LogP contribution < -0.4 is 9.62 Å². The van der Waals surface area contributed by atoms with Crippen molar-refractivity contribution < 1.29 is 26.2 Å². The highest BCUT2D eigenvalue weighted by Gasteiger charge is 2.36. The first-order valence-corrected chi connectivity index (χ1v) is 16.0. The van der Waals surface area contributed by atoms with E-state index in [1.807, 2.05) is 18.7 Å². The number of hydrogen-bond donors (Lipinski definition) is 1. The van der Waals surface area contributed by atoms with E-state index in [4.69, 9.17) is 4.52 Å². The summed E-state index contributed by atoms with van der Waals surface area (Å²) in [7, 11) is -7.54. The van der Waals surface area contributed by atoms with Crippen molar-refractivity contribution in [3.05, 3.63) is 30.1 Å². The minimum atomic E-state index is -3.87. The fraction of sp³-hybridized carbons (Fsp3) is 0.625. The Morgan fingerprint density at radius 1 is 0.974 bits per heavy atom. The highest BCUT2D eigenvalue weighted by Crippen LogP contribution is 2.27. The van der Waals surface area contributed by atoms with Gasteiger partial charge in [0.05, 0.1) is 15.7 Å². The Bertz CT molecular complexity index is 1360. The van der Waals surface area contributed by atoms with Crippen LogP contribution in [0.1, 0.15) is 51.3 Å². The molecule has 1 amide bonds. The van der Waals surface area contributed by atoms with Crippen LogP contribution in [0.25, 0.3) is 0 Å². The quantitative estimate of drug-likeness (QED) is 0.501. The first kappa shape index (κ1) is 27.0. The number of aromatic nitrogens is 2. The third kappa shape index (κ3) is 5.72. The molecule has 0 bridgehead atoms. The standard InChI is InChI=1S/C24H34N6O6S2/c1-17(2)22-25-24(36-26-22)29-14-12-28(13-15-29)23(31)18-4-3-11-30(16-18)38(34,35)21-9-7-20(8-10-21)37(32,33)27-19-5-6-19/h7-10,17-19,27H,3-6,11-16H2,1-2H3. The Kier molecular flexibility index (Phi) is 7.50. The Morgan fingerprint density at radius 2 is 1.63 bits per heavy atom. The molecule has 12 nitrogen and oxygen atoms in total. The molecule has 0 radical (unpaired) electrons. The first-order chi connectivity index (χ1) is 18.0. The topological polar surface area (TPSA) is 146 Å². The predicted octanol–water partition coefficient (Wildman–Crippen LogP) is 1.38. The minimum Gasteiger partial charge on any atom is -0.339 e.